The van der Waals surface area contributed by atoms with Crippen molar-refractivity contribution in [2.75, 3.05) is 17.2 Å². The number of anilines is 2. The zero-order chi connectivity index (χ0) is 15.8. The molecule has 7 nitrogen and oxygen atoms in total. The van der Waals surface area contributed by atoms with Gasteiger partial charge in [0.15, 0.2) is 12.4 Å². The molecule has 1 aromatic rings. The van der Waals surface area contributed by atoms with Gasteiger partial charge in [-0.25, -0.2) is 0 Å². The molecule has 2 N–H and O–H groups in total. The molecule has 114 valence electrons. The minimum atomic E-state index is -0.461. The van der Waals surface area contributed by atoms with Crippen molar-refractivity contribution >= 4 is 23.0 Å². The van der Waals surface area contributed by atoms with Crippen LogP contribution in [0.15, 0.2) is 12.1 Å². The summed E-state index contributed by atoms with van der Waals surface area (Å²) < 4.78 is 5.21. The molecule has 0 radical (unpaired) electrons. The maximum atomic E-state index is 11.3. The minimum absolute atomic E-state index is 0.00876. The smallest absolute Gasteiger partial charge is 0.296 e. The van der Waals surface area contributed by atoms with Crippen LogP contribution in [0.1, 0.15) is 27.7 Å². The van der Waals surface area contributed by atoms with E-state index in [1.54, 1.807) is 6.07 Å². The second kappa shape index (κ2) is 5.23. The van der Waals surface area contributed by atoms with E-state index in [9.17, 15) is 14.9 Å². The second-order valence-electron chi connectivity index (χ2n) is 6.19. The summed E-state index contributed by atoms with van der Waals surface area (Å²) in [6.07, 6.45) is 0. The topological polar surface area (TPSA) is 93.5 Å². The number of carbonyl (C=O) groups excluding carboxylic acids is 1. The lowest BCUT2D eigenvalue weighted by Crippen LogP contribution is -2.31. The van der Waals surface area contributed by atoms with Crippen LogP contribution in [0.2, 0.25) is 0 Å². The minimum Gasteiger partial charge on any atom is -0.481 e. The van der Waals surface area contributed by atoms with Gasteiger partial charge in [0.25, 0.3) is 11.6 Å². The Hall–Kier alpha value is -2.31. The summed E-state index contributed by atoms with van der Waals surface area (Å²) in [6.45, 7) is 7.95. The molecular formula is C14H19N3O4. The van der Waals surface area contributed by atoms with Gasteiger partial charge >= 0.3 is 0 Å². The lowest BCUT2D eigenvalue weighted by molar-refractivity contribution is -0.384. The van der Waals surface area contributed by atoms with Crippen LogP contribution in [0, 0.1) is 15.5 Å². The molecule has 1 unspecified atom stereocenters. The van der Waals surface area contributed by atoms with Gasteiger partial charge in [0, 0.05) is 6.04 Å². The van der Waals surface area contributed by atoms with Gasteiger partial charge in [-0.05, 0) is 18.4 Å². The zero-order valence-electron chi connectivity index (χ0n) is 12.5. The fourth-order valence-electron chi connectivity index (χ4n) is 1.83. The summed E-state index contributed by atoms with van der Waals surface area (Å²) in [5.74, 6) is 0.0430. The van der Waals surface area contributed by atoms with Gasteiger partial charge in [0.2, 0.25) is 0 Å². The molecule has 0 spiro atoms. The van der Waals surface area contributed by atoms with E-state index in [1.807, 2.05) is 27.7 Å². The van der Waals surface area contributed by atoms with Crippen LogP contribution in [-0.2, 0) is 4.79 Å². The highest BCUT2D eigenvalue weighted by Crippen LogP contribution is 2.39. The van der Waals surface area contributed by atoms with Crippen LogP contribution in [-0.4, -0.2) is 23.5 Å². The Kier molecular flexibility index (Phi) is 3.76. The molecule has 1 aliphatic heterocycles. The molecule has 21 heavy (non-hydrogen) atoms. The van der Waals surface area contributed by atoms with E-state index < -0.39 is 4.92 Å². The van der Waals surface area contributed by atoms with E-state index in [4.69, 9.17) is 4.74 Å². The summed E-state index contributed by atoms with van der Waals surface area (Å²) in [6, 6.07) is 2.90. The maximum absolute atomic E-state index is 11.3. The number of nitrogens with zero attached hydrogens (tertiary/aromatic N) is 1. The van der Waals surface area contributed by atoms with Gasteiger partial charge in [-0.1, -0.05) is 20.8 Å². The van der Waals surface area contributed by atoms with Crippen LogP contribution >= 0.6 is 0 Å². The van der Waals surface area contributed by atoms with Gasteiger partial charge in [-0.15, -0.1) is 0 Å². The van der Waals surface area contributed by atoms with E-state index in [0.717, 1.165) is 0 Å². The fourth-order valence-corrected chi connectivity index (χ4v) is 1.83. The van der Waals surface area contributed by atoms with Gasteiger partial charge < -0.3 is 15.4 Å². The predicted octanol–water partition coefficient (Wildman–Crippen LogP) is 2.77. The van der Waals surface area contributed by atoms with Crippen molar-refractivity contribution in [2.24, 2.45) is 5.41 Å². The van der Waals surface area contributed by atoms with Crippen molar-refractivity contribution in [1.29, 1.82) is 0 Å². The molecule has 1 amide bonds. The molecule has 1 aliphatic rings. The lowest BCUT2D eigenvalue weighted by atomic mass is 9.88. The van der Waals surface area contributed by atoms with Crippen molar-refractivity contribution in [3.8, 4) is 5.75 Å². The number of amides is 1. The van der Waals surface area contributed by atoms with Gasteiger partial charge in [-0.3, -0.25) is 14.9 Å². The summed E-state index contributed by atoms with van der Waals surface area (Å²) in [5, 5.41) is 17.0. The molecule has 0 saturated heterocycles. The third-order valence-corrected chi connectivity index (χ3v) is 3.60. The molecule has 0 bridgehead atoms. The molecule has 1 atom stereocenters. The molecule has 7 heteroatoms. The van der Waals surface area contributed by atoms with Crippen molar-refractivity contribution in [1.82, 2.24) is 0 Å². The number of hydrogen-bond donors (Lipinski definition) is 2. The monoisotopic (exact) mass is 293 g/mol. The zero-order valence-corrected chi connectivity index (χ0v) is 12.5. The average Bonchev–Trinajstić information content (AvgIpc) is 2.36. The van der Waals surface area contributed by atoms with Crippen LogP contribution in [0.25, 0.3) is 0 Å². The molecule has 2 rings (SSSR count). The number of nitrogens with one attached hydrogen (secondary N) is 2. The molecule has 0 saturated carbocycles. The quantitative estimate of drug-likeness (QED) is 0.660. The summed E-state index contributed by atoms with van der Waals surface area (Å²) in [5.41, 5.74) is 0.678. The predicted molar refractivity (Wildman–Crippen MR) is 79.8 cm³/mol. The number of nitro benzene ring substituents is 1. The highest BCUT2D eigenvalue weighted by atomic mass is 16.6. The first kappa shape index (κ1) is 15.1. The van der Waals surface area contributed by atoms with Crippen molar-refractivity contribution in [2.45, 2.75) is 33.7 Å². The summed E-state index contributed by atoms with van der Waals surface area (Å²) in [7, 11) is 0. The fraction of sp³-hybridized carbons (Fsp3) is 0.500. The Morgan fingerprint density at radius 3 is 2.67 bits per heavy atom. The first-order valence-electron chi connectivity index (χ1n) is 6.70. The number of hydrogen-bond acceptors (Lipinski definition) is 5. The second-order valence-corrected chi connectivity index (χ2v) is 6.19. The number of carbonyl (C=O) groups is 1. The van der Waals surface area contributed by atoms with Crippen molar-refractivity contribution < 1.29 is 14.5 Å². The van der Waals surface area contributed by atoms with Gasteiger partial charge in [0.1, 0.15) is 5.69 Å². The first-order valence-corrected chi connectivity index (χ1v) is 6.70. The average molecular weight is 293 g/mol. The van der Waals surface area contributed by atoms with Crippen LogP contribution < -0.4 is 15.4 Å². The molecule has 0 aromatic heterocycles. The van der Waals surface area contributed by atoms with Crippen molar-refractivity contribution in [3.63, 3.8) is 0 Å². The summed E-state index contributed by atoms with van der Waals surface area (Å²) in [4.78, 5) is 22.1. The number of fused-ring (bicyclic) bond motifs is 1. The number of rotatable bonds is 3. The van der Waals surface area contributed by atoms with E-state index in [1.165, 1.54) is 6.07 Å². The van der Waals surface area contributed by atoms with E-state index in [-0.39, 0.29) is 29.7 Å². The molecule has 0 fully saturated rings. The Labute approximate surface area is 122 Å². The maximum Gasteiger partial charge on any atom is 0.296 e. The van der Waals surface area contributed by atoms with E-state index in [2.05, 4.69) is 10.6 Å². The normalized spacial score (nSPS) is 15.5. The Morgan fingerprint density at radius 1 is 1.43 bits per heavy atom. The largest absolute Gasteiger partial charge is 0.481 e. The highest BCUT2D eigenvalue weighted by molar-refractivity contribution is 5.96. The van der Waals surface area contributed by atoms with E-state index >= 15 is 0 Å². The lowest BCUT2D eigenvalue weighted by Gasteiger charge is -2.29. The third-order valence-electron chi connectivity index (χ3n) is 3.60. The van der Waals surface area contributed by atoms with Crippen molar-refractivity contribution in [3.05, 3.63) is 22.2 Å². The van der Waals surface area contributed by atoms with Gasteiger partial charge in [-0.2, -0.15) is 0 Å². The molecular weight excluding hydrogens is 274 g/mol. The van der Waals surface area contributed by atoms with Crippen LogP contribution in [0.4, 0.5) is 17.1 Å². The molecule has 1 heterocycles. The highest BCUT2D eigenvalue weighted by Gasteiger charge is 2.27. The SMILES string of the molecule is CC(Nc1cc2c(cc1[N+](=O)[O-])OCC(=O)N2)C(C)(C)C. The van der Waals surface area contributed by atoms with Crippen LogP contribution in [0.5, 0.6) is 5.75 Å². The Morgan fingerprint density at radius 2 is 2.10 bits per heavy atom. The summed E-state index contributed by atoms with van der Waals surface area (Å²) >= 11 is 0. The van der Waals surface area contributed by atoms with Gasteiger partial charge in [0.05, 0.1) is 16.7 Å². The first-order chi connectivity index (χ1) is 9.68. The van der Waals surface area contributed by atoms with Crippen LogP contribution in [0.3, 0.4) is 0 Å². The Bertz CT molecular complexity index is 593. The number of benzene rings is 1. The standard InChI is InChI=1S/C14H19N3O4/c1-8(14(2,3)4)15-9-5-10-12(6-11(9)17(19)20)21-7-13(18)16-10/h5-6,8,15H,7H2,1-4H3,(H,16,18). The number of ether oxygens (including phenoxy) is 1. The molecule has 0 aliphatic carbocycles. The molecule has 1 aromatic carbocycles. The third kappa shape index (κ3) is 3.24. The number of nitro groups is 1. The van der Waals surface area contributed by atoms with E-state index in [0.29, 0.717) is 17.1 Å². The Balaban J connectivity index is 2.41.